The van der Waals surface area contributed by atoms with Crippen LogP contribution in [-0.2, 0) is 6.42 Å². The Balaban J connectivity index is 2.38. The number of H-pyrrole nitrogens is 1. The molecular formula is C11H11NO2. The molecule has 0 radical (unpaired) electrons. The van der Waals surface area contributed by atoms with Crippen LogP contribution < -0.4 is 5.63 Å². The SMILES string of the molecule is CCc1ccc(-c2cc(=O)o[nH]2)cc1. The fraction of sp³-hybridized carbons (Fsp3) is 0.182. The number of hydrogen-bond donors (Lipinski definition) is 1. The number of nitrogens with one attached hydrogen (secondary N) is 1. The summed E-state index contributed by atoms with van der Waals surface area (Å²) in [6, 6.07) is 9.47. The van der Waals surface area contributed by atoms with E-state index in [2.05, 4.69) is 16.6 Å². The first-order valence-corrected chi connectivity index (χ1v) is 4.57. The van der Waals surface area contributed by atoms with Crippen LogP contribution in [0, 0.1) is 0 Å². The number of rotatable bonds is 2. The minimum Gasteiger partial charge on any atom is -0.339 e. The largest absolute Gasteiger partial charge is 0.357 e. The molecule has 0 aliphatic rings. The van der Waals surface area contributed by atoms with E-state index in [-0.39, 0.29) is 5.63 Å². The molecule has 14 heavy (non-hydrogen) atoms. The van der Waals surface area contributed by atoms with E-state index >= 15 is 0 Å². The van der Waals surface area contributed by atoms with Gasteiger partial charge < -0.3 is 4.52 Å². The number of benzene rings is 1. The molecule has 3 nitrogen and oxygen atoms in total. The molecule has 0 spiro atoms. The van der Waals surface area contributed by atoms with Gasteiger partial charge in [-0.3, -0.25) is 0 Å². The average Bonchev–Trinajstić information content (AvgIpc) is 2.65. The Morgan fingerprint density at radius 1 is 1.29 bits per heavy atom. The summed E-state index contributed by atoms with van der Waals surface area (Å²) >= 11 is 0. The Hall–Kier alpha value is -1.77. The van der Waals surface area contributed by atoms with E-state index in [0.29, 0.717) is 0 Å². The molecule has 1 aromatic heterocycles. The third-order valence-electron chi connectivity index (χ3n) is 2.20. The zero-order valence-corrected chi connectivity index (χ0v) is 7.91. The van der Waals surface area contributed by atoms with Crippen LogP contribution in [0.2, 0.25) is 0 Å². The molecule has 0 saturated carbocycles. The van der Waals surface area contributed by atoms with E-state index in [0.717, 1.165) is 17.7 Å². The van der Waals surface area contributed by atoms with Crippen LogP contribution >= 0.6 is 0 Å². The maximum atomic E-state index is 10.8. The normalized spacial score (nSPS) is 10.4. The van der Waals surface area contributed by atoms with E-state index in [1.54, 1.807) is 0 Å². The van der Waals surface area contributed by atoms with Crippen molar-refractivity contribution >= 4 is 0 Å². The minimum atomic E-state index is -0.348. The summed E-state index contributed by atoms with van der Waals surface area (Å²) in [5.41, 5.74) is 2.62. The molecule has 1 aromatic carbocycles. The Morgan fingerprint density at radius 2 is 2.00 bits per heavy atom. The van der Waals surface area contributed by atoms with Gasteiger partial charge in [0.2, 0.25) is 0 Å². The lowest BCUT2D eigenvalue weighted by Crippen LogP contribution is -1.85. The molecule has 72 valence electrons. The summed E-state index contributed by atoms with van der Waals surface area (Å²) in [5.74, 6) is 0. The van der Waals surface area contributed by atoms with Crippen LogP contribution in [0.4, 0.5) is 0 Å². The third kappa shape index (κ3) is 1.62. The Morgan fingerprint density at radius 3 is 2.50 bits per heavy atom. The van der Waals surface area contributed by atoms with E-state index in [1.807, 2.05) is 24.3 Å². The highest BCUT2D eigenvalue weighted by molar-refractivity contribution is 5.58. The minimum absolute atomic E-state index is 0.348. The molecule has 0 saturated heterocycles. The zero-order chi connectivity index (χ0) is 9.97. The number of aromatic nitrogens is 1. The van der Waals surface area contributed by atoms with Crippen molar-refractivity contribution in [2.45, 2.75) is 13.3 Å². The van der Waals surface area contributed by atoms with Gasteiger partial charge in [-0.2, -0.15) is 0 Å². The van der Waals surface area contributed by atoms with Crippen molar-refractivity contribution in [1.82, 2.24) is 5.16 Å². The van der Waals surface area contributed by atoms with Gasteiger partial charge in [-0.1, -0.05) is 31.2 Å². The predicted octanol–water partition coefficient (Wildman–Crippen LogP) is 2.20. The highest BCUT2D eigenvalue weighted by atomic mass is 16.5. The first-order valence-electron chi connectivity index (χ1n) is 4.57. The van der Waals surface area contributed by atoms with Gasteiger partial charge in [0.05, 0.1) is 11.8 Å². The molecule has 0 bridgehead atoms. The molecule has 0 amide bonds. The van der Waals surface area contributed by atoms with Crippen LogP contribution in [0.15, 0.2) is 39.6 Å². The van der Waals surface area contributed by atoms with Crippen LogP contribution in [0.1, 0.15) is 12.5 Å². The highest BCUT2D eigenvalue weighted by Crippen LogP contribution is 2.15. The fourth-order valence-electron chi connectivity index (χ4n) is 1.34. The zero-order valence-electron chi connectivity index (χ0n) is 7.91. The van der Waals surface area contributed by atoms with Gasteiger partial charge >= 0.3 is 5.63 Å². The van der Waals surface area contributed by atoms with Crippen LogP contribution in [-0.4, -0.2) is 5.16 Å². The van der Waals surface area contributed by atoms with Crippen molar-refractivity contribution in [3.05, 3.63) is 46.3 Å². The van der Waals surface area contributed by atoms with Crippen molar-refractivity contribution in [3.8, 4) is 11.3 Å². The molecule has 0 aliphatic heterocycles. The summed E-state index contributed by atoms with van der Waals surface area (Å²) < 4.78 is 4.59. The van der Waals surface area contributed by atoms with Crippen LogP contribution in [0.25, 0.3) is 11.3 Å². The molecule has 1 heterocycles. The molecule has 0 fully saturated rings. The second-order valence-corrected chi connectivity index (χ2v) is 3.13. The van der Waals surface area contributed by atoms with Crippen molar-refractivity contribution in [1.29, 1.82) is 0 Å². The summed E-state index contributed by atoms with van der Waals surface area (Å²) in [6.07, 6.45) is 1.02. The molecule has 2 rings (SSSR count). The molecule has 3 heteroatoms. The van der Waals surface area contributed by atoms with Crippen molar-refractivity contribution in [2.24, 2.45) is 0 Å². The molecular weight excluding hydrogens is 178 g/mol. The quantitative estimate of drug-likeness (QED) is 0.787. The van der Waals surface area contributed by atoms with Gasteiger partial charge in [0, 0.05) is 5.56 Å². The van der Waals surface area contributed by atoms with Gasteiger partial charge in [-0.05, 0) is 12.0 Å². The molecule has 0 unspecified atom stereocenters. The number of hydrogen-bond acceptors (Lipinski definition) is 2. The lowest BCUT2D eigenvalue weighted by atomic mass is 10.1. The standard InChI is InChI=1S/C11H11NO2/c1-2-8-3-5-9(6-4-8)10-7-11(13)14-12-10/h3-7,12H,2H2,1H3. The Kier molecular flexibility index (Phi) is 2.23. The van der Waals surface area contributed by atoms with Crippen LogP contribution in [0.5, 0.6) is 0 Å². The van der Waals surface area contributed by atoms with E-state index < -0.39 is 0 Å². The molecule has 0 aliphatic carbocycles. The van der Waals surface area contributed by atoms with E-state index in [1.165, 1.54) is 11.6 Å². The smallest absolute Gasteiger partial charge is 0.339 e. The fourth-order valence-corrected chi connectivity index (χ4v) is 1.34. The van der Waals surface area contributed by atoms with Gasteiger partial charge in [0.25, 0.3) is 0 Å². The predicted molar refractivity (Wildman–Crippen MR) is 54.1 cm³/mol. The van der Waals surface area contributed by atoms with Crippen LogP contribution in [0.3, 0.4) is 0 Å². The second kappa shape index (κ2) is 3.54. The lowest BCUT2D eigenvalue weighted by Gasteiger charge is -1.98. The lowest BCUT2D eigenvalue weighted by molar-refractivity contribution is 0.394. The summed E-state index contributed by atoms with van der Waals surface area (Å²) in [7, 11) is 0. The average molecular weight is 189 g/mol. The van der Waals surface area contributed by atoms with Gasteiger partial charge in [-0.15, -0.1) is 0 Å². The first kappa shape index (κ1) is 8.81. The summed E-state index contributed by atoms with van der Waals surface area (Å²) in [6.45, 7) is 2.11. The van der Waals surface area contributed by atoms with Gasteiger partial charge in [0.15, 0.2) is 0 Å². The Labute approximate surface area is 81.3 Å². The molecule has 1 N–H and O–H groups in total. The highest BCUT2D eigenvalue weighted by Gasteiger charge is 2.00. The van der Waals surface area contributed by atoms with E-state index in [9.17, 15) is 4.79 Å². The van der Waals surface area contributed by atoms with Gasteiger partial charge in [0.1, 0.15) is 0 Å². The van der Waals surface area contributed by atoms with Crippen molar-refractivity contribution < 1.29 is 4.52 Å². The number of aromatic amines is 1. The topological polar surface area (TPSA) is 46.0 Å². The third-order valence-corrected chi connectivity index (χ3v) is 2.20. The van der Waals surface area contributed by atoms with Crippen molar-refractivity contribution in [3.63, 3.8) is 0 Å². The van der Waals surface area contributed by atoms with Crippen molar-refractivity contribution in [2.75, 3.05) is 0 Å². The molecule has 0 atom stereocenters. The Bertz CT molecular complexity index is 465. The first-order chi connectivity index (χ1) is 6.79. The maximum Gasteiger partial charge on any atom is 0.357 e. The summed E-state index contributed by atoms with van der Waals surface area (Å²) in [5, 5.41) is 2.57. The van der Waals surface area contributed by atoms with Gasteiger partial charge in [-0.25, -0.2) is 9.95 Å². The maximum absolute atomic E-state index is 10.8. The monoisotopic (exact) mass is 189 g/mol. The molecule has 2 aromatic rings. The summed E-state index contributed by atoms with van der Waals surface area (Å²) in [4.78, 5) is 10.8. The van der Waals surface area contributed by atoms with E-state index in [4.69, 9.17) is 0 Å². The second-order valence-electron chi connectivity index (χ2n) is 3.13. The number of aryl methyl sites for hydroxylation is 1.